The summed E-state index contributed by atoms with van der Waals surface area (Å²) < 4.78 is 5.14. The van der Waals surface area contributed by atoms with Crippen LogP contribution in [0.2, 0.25) is 0 Å². The molecule has 0 aliphatic heterocycles. The van der Waals surface area contributed by atoms with Gasteiger partial charge < -0.3 is 14.9 Å². The Morgan fingerprint density at radius 3 is 2.56 bits per heavy atom. The van der Waals surface area contributed by atoms with Crippen LogP contribution in [0.5, 0.6) is 5.75 Å². The Kier molecular flexibility index (Phi) is 4.28. The Balaban J connectivity index is 2.53. The van der Waals surface area contributed by atoms with E-state index in [1.165, 1.54) is 30.3 Å². The molecule has 1 aromatic rings. The highest BCUT2D eigenvalue weighted by Crippen LogP contribution is 2.17. The molecular formula is C10H11NO5. The number of rotatable bonds is 5. The highest BCUT2D eigenvalue weighted by atomic mass is 16.6. The standard InChI is InChI=1S/C10H11NO5/c12-7-9(13)5-6-16-10-3-1-8(2-4-10)11(14)15/h1-5,12-13H,6-7H2. The average molecular weight is 225 g/mol. The lowest BCUT2D eigenvalue weighted by molar-refractivity contribution is -0.384. The minimum absolute atomic E-state index is 0.0129. The molecule has 0 atom stereocenters. The molecule has 0 aromatic heterocycles. The van der Waals surface area contributed by atoms with E-state index in [0.717, 1.165) is 0 Å². The van der Waals surface area contributed by atoms with Gasteiger partial charge in [0.2, 0.25) is 0 Å². The van der Waals surface area contributed by atoms with E-state index in [1.807, 2.05) is 0 Å². The number of non-ortho nitro benzene ring substituents is 1. The minimum atomic E-state index is -0.499. The van der Waals surface area contributed by atoms with Crippen molar-refractivity contribution in [2.75, 3.05) is 13.2 Å². The van der Waals surface area contributed by atoms with Crippen LogP contribution in [0.15, 0.2) is 36.1 Å². The molecule has 0 bridgehead atoms. The van der Waals surface area contributed by atoms with E-state index in [0.29, 0.717) is 5.75 Å². The van der Waals surface area contributed by atoms with Crippen molar-refractivity contribution in [2.24, 2.45) is 0 Å². The predicted octanol–water partition coefficient (Wildman–Crippen LogP) is 1.41. The summed E-state index contributed by atoms with van der Waals surface area (Å²) in [5.41, 5.74) is -0.0129. The van der Waals surface area contributed by atoms with Crippen LogP contribution in [-0.2, 0) is 0 Å². The third kappa shape index (κ3) is 3.58. The maximum atomic E-state index is 10.3. The summed E-state index contributed by atoms with van der Waals surface area (Å²) in [5, 5.41) is 27.7. The number of nitro benzene ring substituents is 1. The smallest absolute Gasteiger partial charge is 0.269 e. The van der Waals surface area contributed by atoms with E-state index >= 15 is 0 Å². The number of ether oxygens (including phenoxy) is 1. The molecule has 6 heteroatoms. The van der Waals surface area contributed by atoms with Gasteiger partial charge in [0.25, 0.3) is 5.69 Å². The van der Waals surface area contributed by atoms with E-state index in [-0.39, 0.29) is 18.1 Å². The van der Waals surface area contributed by atoms with Crippen molar-refractivity contribution < 1.29 is 19.9 Å². The number of aliphatic hydroxyl groups is 2. The molecule has 0 unspecified atom stereocenters. The number of hydrogen-bond donors (Lipinski definition) is 2. The zero-order chi connectivity index (χ0) is 12.0. The van der Waals surface area contributed by atoms with Gasteiger partial charge >= 0.3 is 0 Å². The Hall–Kier alpha value is -2.08. The second-order valence-corrected chi connectivity index (χ2v) is 2.92. The zero-order valence-electron chi connectivity index (χ0n) is 8.37. The molecule has 1 rings (SSSR count). The summed E-state index contributed by atoms with van der Waals surface area (Å²) in [6, 6.07) is 5.57. The highest BCUT2D eigenvalue weighted by Gasteiger charge is 2.03. The Labute approximate surface area is 91.6 Å². The fourth-order valence-electron chi connectivity index (χ4n) is 0.963. The van der Waals surface area contributed by atoms with Crippen LogP contribution in [0, 0.1) is 10.1 Å². The molecule has 0 saturated carbocycles. The molecule has 2 N–H and O–H groups in total. The number of nitro groups is 1. The molecule has 0 aliphatic rings. The van der Waals surface area contributed by atoms with E-state index in [2.05, 4.69) is 0 Å². The van der Waals surface area contributed by atoms with E-state index in [4.69, 9.17) is 14.9 Å². The molecule has 0 radical (unpaired) electrons. The minimum Gasteiger partial charge on any atom is -0.510 e. The molecule has 0 heterocycles. The predicted molar refractivity (Wildman–Crippen MR) is 56.4 cm³/mol. The molecule has 1 aromatic carbocycles. The SMILES string of the molecule is O=[N+]([O-])c1ccc(OCC=C(O)CO)cc1. The fourth-order valence-corrected chi connectivity index (χ4v) is 0.963. The van der Waals surface area contributed by atoms with Crippen LogP contribution in [-0.4, -0.2) is 28.4 Å². The number of hydrogen-bond acceptors (Lipinski definition) is 5. The van der Waals surface area contributed by atoms with Crippen LogP contribution in [0.25, 0.3) is 0 Å². The molecule has 16 heavy (non-hydrogen) atoms. The first-order chi connectivity index (χ1) is 7.63. The topological polar surface area (TPSA) is 92.8 Å². The first-order valence-electron chi connectivity index (χ1n) is 4.49. The van der Waals surface area contributed by atoms with Crippen LogP contribution < -0.4 is 4.74 Å². The molecule has 0 spiro atoms. The molecule has 0 fully saturated rings. The van der Waals surface area contributed by atoms with Crippen molar-refractivity contribution in [3.63, 3.8) is 0 Å². The van der Waals surface area contributed by atoms with Gasteiger partial charge in [-0.3, -0.25) is 10.1 Å². The van der Waals surface area contributed by atoms with Crippen molar-refractivity contribution in [2.45, 2.75) is 0 Å². The molecule has 0 amide bonds. The summed E-state index contributed by atoms with van der Waals surface area (Å²) in [4.78, 5) is 9.85. The van der Waals surface area contributed by atoms with Gasteiger partial charge in [-0.15, -0.1) is 0 Å². The monoisotopic (exact) mass is 225 g/mol. The van der Waals surface area contributed by atoms with E-state index in [9.17, 15) is 10.1 Å². The number of nitrogens with zero attached hydrogens (tertiary/aromatic N) is 1. The third-order valence-electron chi connectivity index (χ3n) is 1.78. The quantitative estimate of drug-likeness (QED) is 0.449. The molecule has 86 valence electrons. The third-order valence-corrected chi connectivity index (χ3v) is 1.78. The van der Waals surface area contributed by atoms with Crippen LogP contribution in [0.3, 0.4) is 0 Å². The Morgan fingerprint density at radius 1 is 1.44 bits per heavy atom. The van der Waals surface area contributed by atoms with Crippen LogP contribution >= 0.6 is 0 Å². The van der Waals surface area contributed by atoms with Gasteiger partial charge in [0.15, 0.2) is 0 Å². The number of benzene rings is 1. The summed E-state index contributed by atoms with van der Waals surface area (Å²) >= 11 is 0. The lowest BCUT2D eigenvalue weighted by Gasteiger charge is -2.02. The molecule has 0 aliphatic carbocycles. The van der Waals surface area contributed by atoms with Crippen molar-refractivity contribution >= 4 is 5.69 Å². The largest absolute Gasteiger partial charge is 0.510 e. The summed E-state index contributed by atoms with van der Waals surface area (Å²) in [5.74, 6) is 0.273. The maximum Gasteiger partial charge on any atom is 0.269 e. The number of aliphatic hydroxyl groups excluding tert-OH is 2. The van der Waals surface area contributed by atoms with Crippen molar-refractivity contribution in [1.29, 1.82) is 0 Å². The van der Waals surface area contributed by atoms with Gasteiger partial charge in [0, 0.05) is 12.1 Å². The maximum absolute atomic E-state index is 10.3. The molecule has 0 saturated heterocycles. The van der Waals surface area contributed by atoms with Crippen LogP contribution in [0.4, 0.5) is 5.69 Å². The second kappa shape index (κ2) is 5.72. The normalized spacial score (nSPS) is 11.2. The summed E-state index contributed by atoms with van der Waals surface area (Å²) in [6.45, 7) is -0.353. The van der Waals surface area contributed by atoms with Gasteiger partial charge in [0.1, 0.15) is 18.1 Å². The fraction of sp³-hybridized carbons (Fsp3) is 0.200. The lowest BCUT2D eigenvalue weighted by atomic mass is 10.3. The van der Waals surface area contributed by atoms with E-state index < -0.39 is 11.5 Å². The molecular weight excluding hydrogens is 214 g/mol. The zero-order valence-corrected chi connectivity index (χ0v) is 8.37. The Morgan fingerprint density at radius 2 is 2.06 bits per heavy atom. The first-order valence-corrected chi connectivity index (χ1v) is 4.49. The Bertz CT molecular complexity index is 385. The van der Waals surface area contributed by atoms with Crippen LogP contribution in [0.1, 0.15) is 0 Å². The highest BCUT2D eigenvalue weighted by molar-refractivity contribution is 5.36. The first kappa shape index (κ1) is 12.0. The van der Waals surface area contributed by atoms with Gasteiger partial charge in [-0.25, -0.2) is 0 Å². The summed E-state index contributed by atoms with van der Waals surface area (Å²) in [6.07, 6.45) is 1.31. The second-order valence-electron chi connectivity index (χ2n) is 2.92. The summed E-state index contributed by atoms with van der Waals surface area (Å²) in [7, 11) is 0. The average Bonchev–Trinajstić information content (AvgIpc) is 2.29. The van der Waals surface area contributed by atoms with Gasteiger partial charge in [-0.2, -0.15) is 0 Å². The van der Waals surface area contributed by atoms with E-state index in [1.54, 1.807) is 0 Å². The molecule has 6 nitrogen and oxygen atoms in total. The lowest BCUT2D eigenvalue weighted by Crippen LogP contribution is -1.97. The van der Waals surface area contributed by atoms with Gasteiger partial charge in [-0.1, -0.05) is 0 Å². The van der Waals surface area contributed by atoms with Crippen molar-refractivity contribution in [3.8, 4) is 5.75 Å². The van der Waals surface area contributed by atoms with Gasteiger partial charge in [0.05, 0.1) is 11.5 Å². The van der Waals surface area contributed by atoms with Crippen molar-refractivity contribution in [3.05, 3.63) is 46.2 Å². The van der Waals surface area contributed by atoms with Gasteiger partial charge in [-0.05, 0) is 18.2 Å². The van der Waals surface area contributed by atoms with Crippen molar-refractivity contribution in [1.82, 2.24) is 0 Å².